The van der Waals surface area contributed by atoms with Gasteiger partial charge in [-0.1, -0.05) is 12.8 Å². The summed E-state index contributed by atoms with van der Waals surface area (Å²) in [6, 6.07) is 1.98. The number of rotatable bonds is 0. The normalized spacial score (nSPS) is 24.8. The van der Waals surface area contributed by atoms with E-state index in [1.54, 1.807) is 0 Å². The fraction of sp³-hybridized carbons (Fsp3) is 0.875. The van der Waals surface area contributed by atoms with E-state index >= 15 is 0 Å². The van der Waals surface area contributed by atoms with E-state index in [9.17, 15) is 5.11 Å². The van der Waals surface area contributed by atoms with Gasteiger partial charge in [-0.3, -0.25) is 0 Å². The molecule has 2 nitrogen and oxygen atoms in total. The molecule has 0 radical (unpaired) electrons. The fourth-order valence-corrected chi connectivity index (χ4v) is 1.43. The Morgan fingerprint density at radius 2 is 1.60 bits per heavy atom. The van der Waals surface area contributed by atoms with Crippen LogP contribution >= 0.6 is 0 Å². The van der Waals surface area contributed by atoms with E-state index < -0.39 is 5.60 Å². The zero-order valence-electron chi connectivity index (χ0n) is 6.14. The summed E-state index contributed by atoms with van der Waals surface area (Å²) < 4.78 is 0. The van der Waals surface area contributed by atoms with Gasteiger partial charge in [-0.15, -0.1) is 0 Å². The predicted octanol–water partition coefficient (Wildman–Crippen LogP) is 1.60. The summed E-state index contributed by atoms with van der Waals surface area (Å²) in [4.78, 5) is 0. The highest BCUT2D eigenvalue weighted by Crippen LogP contribution is 2.25. The Labute approximate surface area is 61.5 Å². The van der Waals surface area contributed by atoms with Crippen LogP contribution in [0.5, 0.6) is 0 Å². The molecule has 0 aromatic rings. The maximum Gasteiger partial charge on any atom is 0.151 e. The quantitative estimate of drug-likeness (QED) is 0.409. The van der Waals surface area contributed by atoms with Crippen LogP contribution in [0.25, 0.3) is 0 Å². The van der Waals surface area contributed by atoms with Crippen molar-refractivity contribution in [3.8, 4) is 6.07 Å². The molecule has 1 N–H and O–H groups in total. The first-order valence-corrected chi connectivity index (χ1v) is 3.90. The summed E-state index contributed by atoms with van der Waals surface area (Å²) in [6.45, 7) is 0. The number of hydrogen-bond acceptors (Lipinski definition) is 2. The van der Waals surface area contributed by atoms with Gasteiger partial charge in [0.2, 0.25) is 0 Å². The SMILES string of the molecule is N#CC1(O)CCCCCC1. The number of nitrogens with zero attached hydrogens (tertiary/aromatic N) is 1. The van der Waals surface area contributed by atoms with Crippen molar-refractivity contribution in [1.29, 1.82) is 5.26 Å². The third-order valence-corrected chi connectivity index (χ3v) is 2.14. The lowest BCUT2D eigenvalue weighted by Crippen LogP contribution is -2.24. The number of aliphatic hydroxyl groups is 1. The van der Waals surface area contributed by atoms with Crippen LogP contribution < -0.4 is 0 Å². The van der Waals surface area contributed by atoms with Crippen LogP contribution in [-0.2, 0) is 0 Å². The number of nitriles is 1. The van der Waals surface area contributed by atoms with E-state index in [-0.39, 0.29) is 0 Å². The Balaban J connectivity index is 2.51. The zero-order chi connectivity index (χ0) is 7.45. The summed E-state index contributed by atoms with van der Waals surface area (Å²) in [5.74, 6) is 0. The second-order valence-corrected chi connectivity index (χ2v) is 3.06. The highest BCUT2D eigenvalue weighted by molar-refractivity contribution is 5.00. The van der Waals surface area contributed by atoms with Gasteiger partial charge in [-0.2, -0.15) is 5.26 Å². The minimum atomic E-state index is -0.990. The summed E-state index contributed by atoms with van der Waals surface area (Å²) in [6.07, 6.45) is 5.69. The van der Waals surface area contributed by atoms with Crippen molar-refractivity contribution < 1.29 is 5.11 Å². The van der Waals surface area contributed by atoms with E-state index in [1.165, 1.54) is 12.8 Å². The van der Waals surface area contributed by atoms with Gasteiger partial charge in [0.25, 0.3) is 0 Å². The first-order chi connectivity index (χ1) is 4.77. The molecule has 1 fully saturated rings. The average molecular weight is 139 g/mol. The van der Waals surface area contributed by atoms with Gasteiger partial charge in [0.05, 0.1) is 6.07 Å². The molecule has 0 heterocycles. The molecule has 1 saturated carbocycles. The summed E-state index contributed by atoms with van der Waals surface area (Å²) >= 11 is 0. The molecule has 0 aliphatic heterocycles. The highest BCUT2D eigenvalue weighted by atomic mass is 16.3. The largest absolute Gasteiger partial charge is 0.375 e. The van der Waals surface area contributed by atoms with Crippen LogP contribution in [0.4, 0.5) is 0 Å². The molecule has 0 bridgehead atoms. The van der Waals surface area contributed by atoms with Crippen molar-refractivity contribution in [2.45, 2.75) is 44.1 Å². The van der Waals surface area contributed by atoms with Crippen LogP contribution in [0.1, 0.15) is 38.5 Å². The minimum Gasteiger partial charge on any atom is -0.375 e. The monoisotopic (exact) mass is 139 g/mol. The fourth-order valence-electron chi connectivity index (χ4n) is 1.43. The van der Waals surface area contributed by atoms with Gasteiger partial charge in [-0.05, 0) is 25.7 Å². The lowest BCUT2D eigenvalue weighted by atomic mass is 9.97. The van der Waals surface area contributed by atoms with Crippen LogP contribution in [0, 0.1) is 11.3 Å². The third-order valence-electron chi connectivity index (χ3n) is 2.14. The maximum atomic E-state index is 9.50. The first kappa shape index (κ1) is 7.56. The molecule has 2 heteroatoms. The van der Waals surface area contributed by atoms with Crippen molar-refractivity contribution in [3.05, 3.63) is 0 Å². The van der Waals surface area contributed by atoms with Crippen molar-refractivity contribution in [2.24, 2.45) is 0 Å². The molecule has 56 valence electrons. The summed E-state index contributed by atoms with van der Waals surface area (Å²) in [5.41, 5.74) is -0.990. The standard InChI is InChI=1S/C8H13NO/c9-7-8(10)5-3-1-2-4-6-8/h10H,1-6H2. The topological polar surface area (TPSA) is 44.0 Å². The average Bonchev–Trinajstić information content (AvgIpc) is 2.15. The molecule has 0 atom stereocenters. The highest BCUT2D eigenvalue weighted by Gasteiger charge is 2.26. The smallest absolute Gasteiger partial charge is 0.151 e. The van der Waals surface area contributed by atoms with Crippen LogP contribution in [0.3, 0.4) is 0 Å². The zero-order valence-corrected chi connectivity index (χ0v) is 6.14. The van der Waals surface area contributed by atoms with E-state index in [4.69, 9.17) is 5.26 Å². The van der Waals surface area contributed by atoms with Gasteiger partial charge in [-0.25, -0.2) is 0 Å². The molecular formula is C8H13NO. The molecule has 0 unspecified atom stereocenters. The van der Waals surface area contributed by atoms with Crippen molar-refractivity contribution in [1.82, 2.24) is 0 Å². The summed E-state index contributed by atoms with van der Waals surface area (Å²) in [5, 5.41) is 18.1. The summed E-state index contributed by atoms with van der Waals surface area (Å²) in [7, 11) is 0. The number of hydrogen-bond donors (Lipinski definition) is 1. The molecule has 0 spiro atoms. The van der Waals surface area contributed by atoms with E-state index in [0.29, 0.717) is 12.8 Å². The predicted molar refractivity (Wildman–Crippen MR) is 38.3 cm³/mol. The molecule has 0 aromatic heterocycles. The van der Waals surface area contributed by atoms with Crippen molar-refractivity contribution in [3.63, 3.8) is 0 Å². The van der Waals surface area contributed by atoms with Crippen LogP contribution in [0.2, 0.25) is 0 Å². The van der Waals surface area contributed by atoms with E-state index in [2.05, 4.69) is 0 Å². The molecule has 0 saturated heterocycles. The van der Waals surface area contributed by atoms with E-state index in [1.807, 2.05) is 6.07 Å². The Morgan fingerprint density at radius 3 is 2.00 bits per heavy atom. The van der Waals surface area contributed by atoms with Gasteiger partial charge < -0.3 is 5.11 Å². The van der Waals surface area contributed by atoms with Crippen molar-refractivity contribution >= 4 is 0 Å². The second-order valence-electron chi connectivity index (χ2n) is 3.06. The molecule has 1 rings (SSSR count). The Hall–Kier alpha value is -0.550. The van der Waals surface area contributed by atoms with E-state index in [0.717, 1.165) is 12.8 Å². The van der Waals surface area contributed by atoms with Crippen LogP contribution in [-0.4, -0.2) is 10.7 Å². The van der Waals surface area contributed by atoms with Crippen LogP contribution in [0.15, 0.2) is 0 Å². The van der Waals surface area contributed by atoms with Gasteiger partial charge in [0.15, 0.2) is 5.60 Å². The van der Waals surface area contributed by atoms with Gasteiger partial charge >= 0.3 is 0 Å². The van der Waals surface area contributed by atoms with Crippen molar-refractivity contribution in [2.75, 3.05) is 0 Å². The molecule has 10 heavy (non-hydrogen) atoms. The Kier molecular flexibility index (Phi) is 2.29. The van der Waals surface area contributed by atoms with Gasteiger partial charge in [0, 0.05) is 0 Å². The molecule has 0 aromatic carbocycles. The third kappa shape index (κ3) is 1.71. The molecular weight excluding hydrogens is 126 g/mol. The molecule has 1 aliphatic rings. The Bertz CT molecular complexity index is 140. The molecule has 1 aliphatic carbocycles. The molecule has 0 amide bonds. The second kappa shape index (κ2) is 3.03. The first-order valence-electron chi connectivity index (χ1n) is 3.90. The Morgan fingerprint density at radius 1 is 1.10 bits per heavy atom. The lowest BCUT2D eigenvalue weighted by Gasteiger charge is -2.15. The lowest BCUT2D eigenvalue weighted by molar-refractivity contribution is 0.0826. The minimum absolute atomic E-state index is 0.670. The maximum absolute atomic E-state index is 9.50. The van der Waals surface area contributed by atoms with Gasteiger partial charge in [0.1, 0.15) is 0 Å².